The normalized spacial score (nSPS) is 23.0. The number of aromatic nitrogens is 2. The minimum Gasteiger partial charge on any atom is -0.380 e. The summed E-state index contributed by atoms with van der Waals surface area (Å²) < 4.78 is 24.2. The summed E-state index contributed by atoms with van der Waals surface area (Å²) in [5.74, 6) is 0. The Morgan fingerprint density at radius 3 is 2.51 bits per heavy atom. The fraction of sp³-hybridized carbons (Fsp3) is 0.583. The lowest BCUT2D eigenvalue weighted by atomic mass is 9.77. The van der Waals surface area contributed by atoms with E-state index >= 15 is 0 Å². The van der Waals surface area contributed by atoms with Gasteiger partial charge in [0.25, 0.3) is 0 Å². The number of pyridine rings is 1. The van der Waals surface area contributed by atoms with E-state index in [1.165, 1.54) is 11.9 Å². The van der Waals surface area contributed by atoms with Gasteiger partial charge in [0, 0.05) is 29.6 Å². The maximum atomic E-state index is 13.5. The van der Waals surface area contributed by atoms with Crippen molar-refractivity contribution in [1.29, 1.82) is 16.1 Å². The van der Waals surface area contributed by atoms with Crippen molar-refractivity contribution in [1.82, 2.24) is 14.1 Å². The molecule has 0 radical (unpaired) electrons. The van der Waals surface area contributed by atoms with Crippen LogP contribution in [0.15, 0.2) is 23.4 Å². The molecule has 2 saturated carbocycles. The zero-order valence-electron chi connectivity index (χ0n) is 19.4. The van der Waals surface area contributed by atoms with E-state index in [1.807, 2.05) is 10.6 Å². The first-order valence-electron chi connectivity index (χ1n) is 12.0. The number of alkyl halides is 1. The average Bonchev–Trinajstić information content (AvgIpc) is 3.78. The molecule has 184 valence electrons. The van der Waals surface area contributed by atoms with Crippen molar-refractivity contribution < 1.29 is 9.13 Å². The summed E-state index contributed by atoms with van der Waals surface area (Å²) in [7, 11) is 0. The third kappa shape index (κ3) is 4.14. The second-order valence-electron chi connectivity index (χ2n) is 10.5. The number of imidazole rings is 1. The molecule has 4 fully saturated rings. The van der Waals surface area contributed by atoms with E-state index in [9.17, 15) is 9.65 Å². The first-order valence-corrected chi connectivity index (χ1v) is 13.6. The third-order valence-corrected chi connectivity index (χ3v) is 9.87. The number of piperidine rings is 1. The van der Waals surface area contributed by atoms with Crippen LogP contribution in [0.25, 0.3) is 5.65 Å². The molecule has 0 atom stereocenters. The van der Waals surface area contributed by atoms with Crippen LogP contribution in [0.1, 0.15) is 44.2 Å². The lowest BCUT2D eigenvalue weighted by Crippen LogP contribution is -2.51. The van der Waals surface area contributed by atoms with Gasteiger partial charge in [-0.2, -0.15) is 5.26 Å². The number of nitriles is 1. The Bertz CT molecular complexity index is 1230. The van der Waals surface area contributed by atoms with E-state index in [0.29, 0.717) is 24.0 Å². The van der Waals surface area contributed by atoms with Crippen LogP contribution in [-0.2, 0) is 4.74 Å². The molecule has 6 rings (SSSR count). The minimum atomic E-state index is -0.715. The van der Waals surface area contributed by atoms with Gasteiger partial charge in [0.05, 0.1) is 47.4 Å². The van der Waals surface area contributed by atoms with Crippen molar-refractivity contribution in [2.45, 2.75) is 49.0 Å². The SMILES string of the molecule is N#CC1(C(=N)SC(=N)c2cnc3c(N4CCC5(CC4)COC5)cc(SNC4(CF)CC4)cn23)CC1. The van der Waals surface area contributed by atoms with Crippen LogP contribution in [0, 0.1) is 33.0 Å². The summed E-state index contributed by atoms with van der Waals surface area (Å²) in [5, 5.41) is 26.9. The van der Waals surface area contributed by atoms with Crippen LogP contribution >= 0.6 is 23.7 Å². The fourth-order valence-corrected chi connectivity index (χ4v) is 6.58. The highest BCUT2D eigenvalue weighted by atomic mass is 32.2. The largest absolute Gasteiger partial charge is 0.380 e. The molecular weight excluding hydrogens is 485 g/mol. The summed E-state index contributed by atoms with van der Waals surface area (Å²) in [6.45, 7) is 3.14. The van der Waals surface area contributed by atoms with Gasteiger partial charge in [0.1, 0.15) is 17.1 Å². The molecule has 35 heavy (non-hydrogen) atoms. The first-order chi connectivity index (χ1) is 16.9. The van der Waals surface area contributed by atoms with Gasteiger partial charge >= 0.3 is 0 Å². The van der Waals surface area contributed by atoms with Gasteiger partial charge in [0.15, 0.2) is 5.65 Å². The molecule has 0 bridgehead atoms. The highest BCUT2D eigenvalue weighted by molar-refractivity contribution is 8.26. The minimum absolute atomic E-state index is 0.205. The lowest BCUT2D eigenvalue weighted by molar-refractivity contribution is -0.124. The van der Waals surface area contributed by atoms with Gasteiger partial charge in [-0.05, 0) is 56.5 Å². The van der Waals surface area contributed by atoms with Crippen molar-refractivity contribution in [3.63, 3.8) is 0 Å². The number of fused-ring (bicyclic) bond motifs is 1. The predicted molar refractivity (Wildman–Crippen MR) is 136 cm³/mol. The molecule has 2 aliphatic carbocycles. The third-order valence-electron chi connectivity index (χ3n) is 7.87. The smallest absolute Gasteiger partial charge is 0.161 e. The van der Waals surface area contributed by atoms with Crippen molar-refractivity contribution in [2.24, 2.45) is 10.8 Å². The van der Waals surface area contributed by atoms with E-state index in [4.69, 9.17) is 15.6 Å². The number of ether oxygens (including phenoxy) is 1. The maximum absolute atomic E-state index is 13.5. The zero-order chi connectivity index (χ0) is 24.3. The number of anilines is 1. The molecule has 0 amide bonds. The van der Waals surface area contributed by atoms with E-state index < -0.39 is 11.0 Å². The number of hydrogen-bond donors (Lipinski definition) is 3. The lowest BCUT2D eigenvalue weighted by Gasteiger charge is -2.47. The highest BCUT2D eigenvalue weighted by Crippen LogP contribution is 2.49. The Labute approximate surface area is 212 Å². The number of nitrogens with zero attached hydrogens (tertiary/aromatic N) is 4. The Hall–Kier alpha value is -2.13. The Balaban J connectivity index is 1.30. The van der Waals surface area contributed by atoms with Crippen LogP contribution in [-0.4, -0.2) is 58.0 Å². The Morgan fingerprint density at radius 1 is 1.20 bits per heavy atom. The summed E-state index contributed by atoms with van der Waals surface area (Å²) in [6, 6.07) is 4.35. The van der Waals surface area contributed by atoms with E-state index in [-0.39, 0.29) is 16.8 Å². The molecule has 1 spiro atoms. The van der Waals surface area contributed by atoms with Crippen LogP contribution in [0.2, 0.25) is 0 Å². The molecule has 2 aromatic rings. The summed E-state index contributed by atoms with van der Waals surface area (Å²) in [5.41, 5.74) is 1.56. The van der Waals surface area contributed by atoms with Crippen molar-refractivity contribution >= 4 is 45.1 Å². The Kier molecular flexibility index (Phi) is 5.64. The molecule has 11 heteroatoms. The molecule has 4 heterocycles. The summed E-state index contributed by atoms with van der Waals surface area (Å²) >= 11 is 2.47. The molecule has 0 unspecified atom stereocenters. The average molecular weight is 514 g/mol. The maximum Gasteiger partial charge on any atom is 0.161 e. The number of nitrogens with one attached hydrogen (secondary N) is 3. The highest BCUT2D eigenvalue weighted by Gasteiger charge is 2.48. The molecule has 3 N–H and O–H groups in total. The molecule has 0 aromatic carbocycles. The number of thioether (sulfide) groups is 1. The van der Waals surface area contributed by atoms with E-state index in [0.717, 1.165) is 80.0 Å². The predicted octanol–water partition coefficient (Wildman–Crippen LogP) is 4.39. The van der Waals surface area contributed by atoms with Crippen LogP contribution in [0.4, 0.5) is 10.1 Å². The quantitative estimate of drug-likeness (QED) is 0.286. The molecule has 2 aliphatic heterocycles. The van der Waals surface area contributed by atoms with E-state index in [1.54, 1.807) is 6.20 Å². The molecule has 4 aliphatic rings. The van der Waals surface area contributed by atoms with Gasteiger partial charge in [-0.25, -0.2) is 9.37 Å². The van der Waals surface area contributed by atoms with Crippen LogP contribution in [0.3, 0.4) is 0 Å². The second kappa shape index (κ2) is 8.47. The van der Waals surface area contributed by atoms with Crippen LogP contribution in [0.5, 0.6) is 0 Å². The molecule has 8 nitrogen and oxygen atoms in total. The van der Waals surface area contributed by atoms with Gasteiger partial charge < -0.3 is 9.64 Å². The fourth-order valence-electron chi connectivity index (χ4n) is 4.75. The topological polar surface area (TPSA) is 113 Å². The van der Waals surface area contributed by atoms with Gasteiger partial charge in [0.2, 0.25) is 0 Å². The first kappa shape index (κ1) is 23.3. The molecule has 2 saturated heterocycles. The van der Waals surface area contributed by atoms with Crippen molar-refractivity contribution in [3.05, 3.63) is 24.2 Å². The summed E-state index contributed by atoms with van der Waals surface area (Å²) in [4.78, 5) is 7.98. The Morgan fingerprint density at radius 2 is 1.94 bits per heavy atom. The monoisotopic (exact) mass is 513 g/mol. The standard InChI is InChI=1S/C24H28FN7OS2/c25-12-24(3-4-24)30-35-16-9-17(31-7-5-22(6-8-31)14-33-15-22)20-29-10-18(32(20)11-16)19(27)34-21(28)23(13-26)1-2-23/h9-11,27-28,30H,1-8,12,14-15H2. The number of hydrogen-bond acceptors (Lipinski definition) is 9. The van der Waals surface area contributed by atoms with Gasteiger partial charge in [-0.3, -0.25) is 19.9 Å². The molecular formula is C24H28FN7OS2. The molecule has 2 aromatic heterocycles. The van der Waals surface area contributed by atoms with Crippen molar-refractivity contribution in [2.75, 3.05) is 37.9 Å². The van der Waals surface area contributed by atoms with Crippen molar-refractivity contribution in [3.8, 4) is 6.07 Å². The number of halogens is 1. The summed E-state index contributed by atoms with van der Waals surface area (Å²) in [6.07, 6.45) is 8.82. The van der Waals surface area contributed by atoms with Gasteiger partial charge in [-0.15, -0.1) is 0 Å². The zero-order valence-corrected chi connectivity index (χ0v) is 21.0. The van der Waals surface area contributed by atoms with Gasteiger partial charge in [-0.1, -0.05) is 11.8 Å². The second-order valence-corrected chi connectivity index (χ2v) is 12.4. The van der Waals surface area contributed by atoms with E-state index in [2.05, 4.69) is 26.7 Å². The van der Waals surface area contributed by atoms with Crippen LogP contribution < -0.4 is 9.62 Å². The number of rotatable bonds is 7.